The number of likely N-dealkylation sites (tertiary alicyclic amines) is 1. The van der Waals surface area contributed by atoms with Crippen molar-refractivity contribution in [2.24, 2.45) is 0 Å². The fraction of sp³-hybridized carbons (Fsp3) is 0.500. The molecule has 1 amide bonds. The smallest absolute Gasteiger partial charge is 0.343 e. The predicted molar refractivity (Wildman–Crippen MR) is 106 cm³/mol. The van der Waals surface area contributed by atoms with Crippen LogP contribution >= 0.6 is 11.8 Å². The molecule has 1 aliphatic heterocycles. The Balaban J connectivity index is 1.74. The molecule has 0 saturated carbocycles. The lowest BCUT2D eigenvalue weighted by molar-refractivity contribution is -0.140. The van der Waals surface area contributed by atoms with Gasteiger partial charge in [0.1, 0.15) is 10.6 Å². The molecule has 2 aromatic heterocycles. The molecule has 0 N–H and O–H groups in total. The number of amides is 1. The van der Waals surface area contributed by atoms with Crippen LogP contribution in [0.5, 0.6) is 0 Å². The Bertz CT molecular complexity index is 843. The number of piperidine rings is 1. The highest BCUT2D eigenvalue weighted by Crippen LogP contribution is 2.26. The second-order valence-corrected chi connectivity index (χ2v) is 7.80. The molecule has 0 aliphatic carbocycles. The van der Waals surface area contributed by atoms with Gasteiger partial charge in [-0.15, -0.1) is 11.8 Å². The fourth-order valence-electron chi connectivity index (χ4n) is 3.63. The monoisotopic (exact) mass is 403 g/mol. The van der Waals surface area contributed by atoms with Crippen molar-refractivity contribution in [3.05, 3.63) is 29.7 Å². The summed E-state index contributed by atoms with van der Waals surface area (Å²) in [4.78, 5) is 35.9. The van der Waals surface area contributed by atoms with Crippen LogP contribution in [0.3, 0.4) is 0 Å². The number of furan rings is 1. The minimum atomic E-state index is -0.585. The first-order chi connectivity index (χ1) is 13.4. The van der Waals surface area contributed by atoms with Gasteiger partial charge in [-0.3, -0.25) is 4.79 Å². The molecule has 0 aromatic carbocycles. The summed E-state index contributed by atoms with van der Waals surface area (Å²) in [6, 6.07) is 3.84. The van der Waals surface area contributed by atoms with Crippen molar-refractivity contribution < 1.29 is 18.7 Å². The Morgan fingerprint density at radius 2 is 2.00 bits per heavy atom. The third-order valence-corrected chi connectivity index (χ3v) is 5.69. The molecule has 2 aromatic rings. The molecule has 1 aliphatic rings. The highest BCUT2D eigenvalue weighted by atomic mass is 32.2. The van der Waals surface area contributed by atoms with Crippen molar-refractivity contribution in [3.8, 4) is 11.6 Å². The second kappa shape index (κ2) is 8.77. The maximum atomic E-state index is 12.7. The summed E-state index contributed by atoms with van der Waals surface area (Å²) < 4.78 is 10.7. The van der Waals surface area contributed by atoms with Crippen LogP contribution in [0.2, 0.25) is 0 Å². The predicted octanol–water partition coefficient (Wildman–Crippen LogP) is 3.71. The van der Waals surface area contributed by atoms with Gasteiger partial charge < -0.3 is 14.1 Å². The molecule has 7 nitrogen and oxygen atoms in total. The Morgan fingerprint density at radius 1 is 1.29 bits per heavy atom. The zero-order chi connectivity index (χ0) is 20.3. The third-order valence-electron chi connectivity index (χ3n) is 5.00. The average molecular weight is 404 g/mol. The molecule has 0 spiro atoms. The van der Waals surface area contributed by atoms with Crippen molar-refractivity contribution in [3.63, 3.8) is 0 Å². The lowest BCUT2D eigenvalue weighted by Crippen LogP contribution is -2.49. The maximum Gasteiger partial charge on any atom is 0.343 e. The maximum absolute atomic E-state index is 12.7. The van der Waals surface area contributed by atoms with Crippen LogP contribution < -0.4 is 0 Å². The summed E-state index contributed by atoms with van der Waals surface area (Å²) in [5.74, 6) is 0.194. The molecule has 1 fully saturated rings. The highest BCUT2D eigenvalue weighted by Gasteiger charge is 2.30. The van der Waals surface area contributed by atoms with Gasteiger partial charge in [0.05, 0.1) is 12.0 Å². The van der Waals surface area contributed by atoms with E-state index in [0.29, 0.717) is 22.3 Å². The molecule has 8 heteroatoms. The minimum Gasteiger partial charge on any atom is -0.461 e. The molecule has 0 unspecified atom stereocenters. The van der Waals surface area contributed by atoms with Gasteiger partial charge in [-0.25, -0.2) is 14.8 Å². The van der Waals surface area contributed by atoms with E-state index in [0.717, 1.165) is 19.3 Å². The lowest BCUT2D eigenvalue weighted by Gasteiger charge is -2.38. The number of rotatable bonds is 5. The number of hydrogen-bond acceptors (Lipinski definition) is 7. The summed E-state index contributed by atoms with van der Waals surface area (Å²) in [7, 11) is 0. The topological polar surface area (TPSA) is 85.5 Å². The van der Waals surface area contributed by atoms with Crippen LogP contribution in [0, 0.1) is 6.92 Å². The summed E-state index contributed by atoms with van der Waals surface area (Å²) in [5.41, 5.74) is 0.776. The molecule has 3 heterocycles. The van der Waals surface area contributed by atoms with Crippen LogP contribution in [-0.4, -0.2) is 51.7 Å². The molecule has 150 valence electrons. The van der Waals surface area contributed by atoms with Gasteiger partial charge in [0.15, 0.2) is 18.2 Å². The van der Waals surface area contributed by atoms with E-state index >= 15 is 0 Å². The average Bonchev–Trinajstić information content (AvgIpc) is 3.20. The number of esters is 1. The quantitative estimate of drug-likeness (QED) is 0.427. The molecule has 0 radical (unpaired) electrons. The number of carbonyl (C=O) groups excluding carboxylic acids is 2. The Hall–Kier alpha value is -2.35. The highest BCUT2D eigenvalue weighted by molar-refractivity contribution is 7.98. The van der Waals surface area contributed by atoms with Crippen LogP contribution in [0.25, 0.3) is 11.6 Å². The van der Waals surface area contributed by atoms with E-state index in [9.17, 15) is 9.59 Å². The van der Waals surface area contributed by atoms with Gasteiger partial charge >= 0.3 is 5.97 Å². The first-order valence-electron chi connectivity index (χ1n) is 9.37. The molecule has 28 heavy (non-hydrogen) atoms. The van der Waals surface area contributed by atoms with Gasteiger partial charge in [-0.2, -0.15) is 0 Å². The molecule has 3 rings (SSSR count). The summed E-state index contributed by atoms with van der Waals surface area (Å²) in [5, 5.41) is 0.496. The zero-order valence-corrected chi connectivity index (χ0v) is 17.4. The molecule has 2 atom stereocenters. The summed E-state index contributed by atoms with van der Waals surface area (Å²) in [6.07, 6.45) is 6.43. The van der Waals surface area contributed by atoms with Crippen molar-refractivity contribution in [2.45, 2.75) is 57.1 Å². The lowest BCUT2D eigenvalue weighted by atomic mass is 9.97. The zero-order valence-electron chi connectivity index (χ0n) is 16.6. The first-order valence-corrected chi connectivity index (χ1v) is 10.6. The first kappa shape index (κ1) is 20.4. The van der Waals surface area contributed by atoms with Crippen molar-refractivity contribution in [2.75, 3.05) is 12.9 Å². The minimum absolute atomic E-state index is 0.161. The van der Waals surface area contributed by atoms with E-state index in [2.05, 4.69) is 9.97 Å². The SMILES string of the molecule is CSc1nc(-c2ccco2)nc(C)c1C(=O)OCC(=O)N1[C@H](C)CCC[C@H]1C. The number of thioether (sulfide) groups is 1. The van der Waals surface area contributed by atoms with E-state index in [1.165, 1.54) is 11.8 Å². The van der Waals surface area contributed by atoms with Gasteiger partial charge in [-0.05, 0) is 58.4 Å². The number of aryl methyl sites for hydroxylation is 1. The van der Waals surface area contributed by atoms with Crippen LogP contribution in [-0.2, 0) is 9.53 Å². The van der Waals surface area contributed by atoms with Gasteiger partial charge in [-0.1, -0.05) is 0 Å². The molecule has 1 saturated heterocycles. The number of aromatic nitrogens is 2. The second-order valence-electron chi connectivity index (χ2n) is 7.00. The fourth-order valence-corrected chi connectivity index (χ4v) is 4.25. The number of hydrogen-bond donors (Lipinski definition) is 0. The largest absolute Gasteiger partial charge is 0.461 e. The standard InChI is InChI=1S/C20H25N3O4S/c1-12-7-5-8-13(2)23(12)16(24)11-27-20(25)17-14(3)21-18(22-19(17)28-4)15-9-6-10-26-15/h6,9-10,12-13H,5,7-8,11H2,1-4H3/t12-,13-/m1/s1. The van der Waals surface area contributed by atoms with E-state index in [1.807, 2.05) is 25.0 Å². The van der Waals surface area contributed by atoms with Gasteiger partial charge in [0.2, 0.25) is 0 Å². The van der Waals surface area contributed by atoms with E-state index in [1.54, 1.807) is 25.3 Å². The Morgan fingerprint density at radius 3 is 2.61 bits per heavy atom. The normalized spacial score (nSPS) is 19.5. The van der Waals surface area contributed by atoms with E-state index in [4.69, 9.17) is 9.15 Å². The van der Waals surface area contributed by atoms with Crippen LogP contribution in [0.1, 0.15) is 49.2 Å². The molecular weight excluding hydrogens is 378 g/mol. The third kappa shape index (κ3) is 4.22. The summed E-state index contributed by atoms with van der Waals surface area (Å²) in [6.45, 7) is 5.51. The van der Waals surface area contributed by atoms with Gasteiger partial charge in [0, 0.05) is 12.1 Å². The van der Waals surface area contributed by atoms with Crippen molar-refractivity contribution in [1.29, 1.82) is 0 Å². The van der Waals surface area contributed by atoms with Gasteiger partial charge in [0.25, 0.3) is 5.91 Å². The van der Waals surface area contributed by atoms with Crippen molar-refractivity contribution >= 4 is 23.6 Å². The molecule has 0 bridgehead atoms. The number of nitrogens with zero attached hydrogens (tertiary/aromatic N) is 3. The van der Waals surface area contributed by atoms with E-state index < -0.39 is 5.97 Å². The van der Waals surface area contributed by atoms with Crippen LogP contribution in [0.15, 0.2) is 27.8 Å². The van der Waals surface area contributed by atoms with Crippen LogP contribution in [0.4, 0.5) is 0 Å². The molecular formula is C20H25N3O4S. The summed E-state index contributed by atoms with van der Waals surface area (Å²) >= 11 is 1.32. The Labute approximate surface area is 168 Å². The number of carbonyl (C=O) groups is 2. The van der Waals surface area contributed by atoms with Crippen molar-refractivity contribution in [1.82, 2.24) is 14.9 Å². The number of ether oxygens (including phenoxy) is 1. The van der Waals surface area contributed by atoms with E-state index in [-0.39, 0.29) is 30.2 Å². The Kier molecular flexibility index (Phi) is 6.39.